The Bertz CT molecular complexity index is 603. The number of methoxy groups -OCH3 is 1. The van der Waals surface area contributed by atoms with E-state index in [-0.39, 0.29) is 5.56 Å². The van der Waals surface area contributed by atoms with Crippen LogP contribution in [0.2, 0.25) is 0 Å². The zero-order valence-electron chi connectivity index (χ0n) is 11.8. The summed E-state index contributed by atoms with van der Waals surface area (Å²) in [6.07, 6.45) is 1.44. The van der Waals surface area contributed by atoms with Gasteiger partial charge in [0, 0.05) is 6.07 Å². The first kappa shape index (κ1) is 14.9. The minimum Gasteiger partial charge on any atom is -0.497 e. The molecular formula is C13H16FN5O2. The fraction of sp³-hybridized carbons (Fsp3) is 0.385. The van der Waals surface area contributed by atoms with E-state index in [1.807, 2.05) is 6.92 Å². The fourth-order valence-corrected chi connectivity index (χ4v) is 1.91. The molecule has 112 valence electrons. The normalized spacial score (nSPS) is 12.0. The summed E-state index contributed by atoms with van der Waals surface area (Å²) in [4.78, 5) is 12.2. The maximum atomic E-state index is 13.9. The van der Waals surface area contributed by atoms with Crippen LogP contribution in [0.15, 0.2) is 18.2 Å². The van der Waals surface area contributed by atoms with Gasteiger partial charge >= 0.3 is 0 Å². The molecule has 0 fully saturated rings. The van der Waals surface area contributed by atoms with Crippen LogP contribution in [0.25, 0.3) is 0 Å². The van der Waals surface area contributed by atoms with E-state index in [0.717, 1.165) is 12.5 Å². The van der Waals surface area contributed by atoms with Gasteiger partial charge in [-0.1, -0.05) is 18.6 Å². The number of tetrazole rings is 1. The highest BCUT2D eigenvalue weighted by Crippen LogP contribution is 2.18. The fourth-order valence-electron chi connectivity index (χ4n) is 1.91. The van der Waals surface area contributed by atoms with Crippen molar-refractivity contribution in [1.29, 1.82) is 0 Å². The molecule has 21 heavy (non-hydrogen) atoms. The molecular weight excluding hydrogens is 277 g/mol. The predicted octanol–water partition coefficient (Wildman–Crippen LogP) is 1.62. The van der Waals surface area contributed by atoms with Crippen LogP contribution >= 0.6 is 0 Å². The second kappa shape index (κ2) is 6.78. The molecule has 0 unspecified atom stereocenters. The average Bonchev–Trinajstić information content (AvgIpc) is 3.00. The van der Waals surface area contributed by atoms with Gasteiger partial charge in [0.2, 0.25) is 0 Å². The van der Waals surface area contributed by atoms with Crippen molar-refractivity contribution in [3.05, 3.63) is 35.4 Å². The van der Waals surface area contributed by atoms with E-state index in [9.17, 15) is 9.18 Å². The van der Waals surface area contributed by atoms with Gasteiger partial charge in [-0.2, -0.15) is 5.21 Å². The molecule has 2 N–H and O–H groups in total. The second-order valence-electron chi connectivity index (χ2n) is 4.43. The number of carbonyl (C=O) groups excluding carboxylic acids is 1. The lowest BCUT2D eigenvalue weighted by Gasteiger charge is -2.15. The van der Waals surface area contributed by atoms with Crippen LogP contribution in [0.1, 0.15) is 42.0 Å². The molecule has 1 amide bonds. The minimum atomic E-state index is -0.643. The molecule has 8 heteroatoms. The van der Waals surface area contributed by atoms with Crippen LogP contribution < -0.4 is 10.1 Å². The Morgan fingerprint density at radius 2 is 2.33 bits per heavy atom. The lowest BCUT2D eigenvalue weighted by atomic mass is 10.1. The summed E-state index contributed by atoms with van der Waals surface area (Å²) >= 11 is 0. The molecule has 7 nitrogen and oxygen atoms in total. The Balaban J connectivity index is 2.15. The third-order valence-electron chi connectivity index (χ3n) is 2.98. The molecule has 0 saturated heterocycles. The highest BCUT2D eigenvalue weighted by Gasteiger charge is 2.20. The van der Waals surface area contributed by atoms with E-state index in [4.69, 9.17) is 4.74 Å². The monoisotopic (exact) mass is 293 g/mol. The summed E-state index contributed by atoms with van der Waals surface area (Å²) in [5, 5.41) is 16.2. The maximum Gasteiger partial charge on any atom is 0.254 e. The summed E-state index contributed by atoms with van der Waals surface area (Å²) in [5.74, 6) is -0.444. The number of hydrogen-bond acceptors (Lipinski definition) is 5. The number of ether oxygens (including phenoxy) is 1. The minimum absolute atomic E-state index is 0.0552. The van der Waals surface area contributed by atoms with Gasteiger partial charge in [0.1, 0.15) is 11.6 Å². The maximum absolute atomic E-state index is 13.9. The van der Waals surface area contributed by atoms with E-state index in [1.54, 1.807) is 0 Å². The van der Waals surface area contributed by atoms with Crippen LogP contribution in [-0.4, -0.2) is 33.6 Å². The molecule has 0 aliphatic carbocycles. The molecule has 0 spiro atoms. The molecule has 0 radical (unpaired) electrons. The van der Waals surface area contributed by atoms with Crippen molar-refractivity contribution in [2.24, 2.45) is 0 Å². The SMILES string of the molecule is CCC[C@H](NC(=O)c1ccc(OC)cc1F)c1nn[nH]n1. The molecule has 1 atom stereocenters. The predicted molar refractivity (Wildman–Crippen MR) is 72.2 cm³/mol. The molecule has 0 bridgehead atoms. The number of benzene rings is 1. The largest absolute Gasteiger partial charge is 0.497 e. The Morgan fingerprint density at radius 3 is 2.90 bits per heavy atom. The summed E-state index contributed by atoms with van der Waals surface area (Å²) < 4.78 is 18.8. The van der Waals surface area contributed by atoms with Gasteiger partial charge in [0.15, 0.2) is 5.82 Å². The Morgan fingerprint density at radius 1 is 1.52 bits per heavy atom. The van der Waals surface area contributed by atoms with E-state index in [1.165, 1.54) is 19.2 Å². The second-order valence-corrected chi connectivity index (χ2v) is 4.43. The first-order valence-corrected chi connectivity index (χ1v) is 6.53. The average molecular weight is 293 g/mol. The molecule has 1 aromatic carbocycles. The number of H-pyrrole nitrogens is 1. The summed E-state index contributed by atoms with van der Waals surface area (Å²) in [6.45, 7) is 1.97. The molecule has 0 aliphatic heterocycles. The first-order valence-electron chi connectivity index (χ1n) is 6.53. The van der Waals surface area contributed by atoms with E-state index in [0.29, 0.717) is 18.0 Å². The topological polar surface area (TPSA) is 92.8 Å². The number of aromatic amines is 1. The third-order valence-corrected chi connectivity index (χ3v) is 2.98. The summed E-state index contributed by atoms with van der Waals surface area (Å²) in [7, 11) is 1.43. The van der Waals surface area contributed by atoms with Crippen molar-refractivity contribution < 1.29 is 13.9 Å². The number of hydrogen-bond donors (Lipinski definition) is 2. The molecule has 1 aromatic heterocycles. The van der Waals surface area contributed by atoms with Crippen LogP contribution in [0.5, 0.6) is 5.75 Å². The van der Waals surface area contributed by atoms with E-state index in [2.05, 4.69) is 25.9 Å². The number of nitrogens with one attached hydrogen (secondary N) is 2. The molecule has 0 saturated carbocycles. The standard InChI is InChI=1S/C13H16FN5O2/c1-3-4-11(12-16-18-19-17-12)15-13(20)9-6-5-8(21-2)7-10(9)14/h5-7,11H,3-4H2,1-2H3,(H,15,20)(H,16,17,18,19)/t11-/m0/s1. The van der Waals surface area contributed by atoms with Gasteiger partial charge in [-0.25, -0.2) is 4.39 Å². The van der Waals surface area contributed by atoms with Crippen molar-refractivity contribution in [2.75, 3.05) is 7.11 Å². The lowest BCUT2D eigenvalue weighted by molar-refractivity contribution is 0.0928. The Labute approximate surface area is 120 Å². The van der Waals surface area contributed by atoms with Crippen molar-refractivity contribution in [3.63, 3.8) is 0 Å². The van der Waals surface area contributed by atoms with Gasteiger partial charge in [-0.3, -0.25) is 4.79 Å². The zero-order valence-corrected chi connectivity index (χ0v) is 11.8. The zero-order chi connectivity index (χ0) is 15.2. The lowest BCUT2D eigenvalue weighted by Crippen LogP contribution is -2.30. The van der Waals surface area contributed by atoms with Crippen LogP contribution in [-0.2, 0) is 0 Å². The number of aromatic nitrogens is 4. The molecule has 1 heterocycles. The van der Waals surface area contributed by atoms with Gasteiger partial charge in [-0.05, 0) is 18.6 Å². The first-order chi connectivity index (χ1) is 10.2. The molecule has 0 aliphatic rings. The highest BCUT2D eigenvalue weighted by atomic mass is 19.1. The quantitative estimate of drug-likeness (QED) is 0.844. The molecule has 2 rings (SSSR count). The summed E-state index contributed by atoms with van der Waals surface area (Å²) in [6, 6.07) is 3.66. The van der Waals surface area contributed by atoms with Crippen molar-refractivity contribution in [1.82, 2.24) is 25.9 Å². The van der Waals surface area contributed by atoms with Gasteiger partial charge in [0.05, 0.1) is 18.7 Å². The van der Waals surface area contributed by atoms with Crippen LogP contribution in [0, 0.1) is 5.82 Å². The highest BCUT2D eigenvalue weighted by molar-refractivity contribution is 5.94. The number of nitrogens with zero attached hydrogens (tertiary/aromatic N) is 3. The molecule has 2 aromatic rings. The van der Waals surface area contributed by atoms with E-state index >= 15 is 0 Å². The number of halogens is 1. The Kier molecular flexibility index (Phi) is 4.81. The van der Waals surface area contributed by atoms with Gasteiger partial charge in [-0.15, -0.1) is 10.2 Å². The smallest absolute Gasteiger partial charge is 0.254 e. The summed E-state index contributed by atoms with van der Waals surface area (Å²) in [5.41, 5.74) is -0.0552. The van der Waals surface area contributed by atoms with E-state index < -0.39 is 17.8 Å². The van der Waals surface area contributed by atoms with Gasteiger partial charge in [0.25, 0.3) is 5.91 Å². The number of carbonyl (C=O) groups is 1. The Hall–Kier alpha value is -2.51. The van der Waals surface area contributed by atoms with Crippen LogP contribution in [0.4, 0.5) is 4.39 Å². The van der Waals surface area contributed by atoms with Crippen molar-refractivity contribution in [3.8, 4) is 5.75 Å². The van der Waals surface area contributed by atoms with Crippen molar-refractivity contribution in [2.45, 2.75) is 25.8 Å². The van der Waals surface area contributed by atoms with Gasteiger partial charge < -0.3 is 10.1 Å². The number of rotatable bonds is 6. The third kappa shape index (κ3) is 3.53. The number of amides is 1. The van der Waals surface area contributed by atoms with Crippen molar-refractivity contribution >= 4 is 5.91 Å². The van der Waals surface area contributed by atoms with Crippen LogP contribution in [0.3, 0.4) is 0 Å².